The van der Waals surface area contributed by atoms with E-state index in [1.807, 2.05) is 30.3 Å². The number of nitrogens with zero attached hydrogens (tertiary/aromatic N) is 1. The van der Waals surface area contributed by atoms with Gasteiger partial charge in [0.2, 0.25) is 0 Å². The number of rotatable bonds is 2. The third-order valence-electron chi connectivity index (χ3n) is 5.04. The SMILES string of the molecule is O=C(c1ccnc2ccccc12)C1CCOC2(CCC2)C1. The van der Waals surface area contributed by atoms with E-state index < -0.39 is 0 Å². The molecule has 2 heterocycles. The zero-order valence-electron chi connectivity index (χ0n) is 12.0. The molecule has 0 amide bonds. The van der Waals surface area contributed by atoms with Crippen molar-refractivity contribution in [2.45, 2.75) is 37.7 Å². The van der Waals surface area contributed by atoms with Gasteiger partial charge in [-0.15, -0.1) is 0 Å². The predicted molar refractivity (Wildman–Crippen MR) is 81.3 cm³/mol. The summed E-state index contributed by atoms with van der Waals surface area (Å²) < 4.78 is 5.94. The van der Waals surface area contributed by atoms with Crippen LogP contribution >= 0.6 is 0 Å². The van der Waals surface area contributed by atoms with Crippen LogP contribution in [0.25, 0.3) is 10.9 Å². The van der Waals surface area contributed by atoms with Crippen molar-refractivity contribution in [1.82, 2.24) is 4.98 Å². The number of para-hydroxylation sites is 1. The van der Waals surface area contributed by atoms with Crippen LogP contribution in [0.2, 0.25) is 0 Å². The first-order valence-electron chi connectivity index (χ1n) is 7.79. The first-order valence-corrected chi connectivity index (χ1v) is 7.79. The monoisotopic (exact) mass is 281 g/mol. The lowest BCUT2D eigenvalue weighted by Gasteiger charge is -2.46. The normalized spacial score (nSPS) is 23.9. The van der Waals surface area contributed by atoms with E-state index in [0.717, 1.165) is 48.8 Å². The van der Waals surface area contributed by atoms with Crippen LogP contribution in [0.1, 0.15) is 42.5 Å². The zero-order valence-corrected chi connectivity index (χ0v) is 12.0. The number of carbonyl (C=O) groups excluding carboxylic acids is 1. The van der Waals surface area contributed by atoms with E-state index in [-0.39, 0.29) is 17.3 Å². The van der Waals surface area contributed by atoms with Gasteiger partial charge in [-0.2, -0.15) is 0 Å². The first kappa shape index (κ1) is 13.0. The van der Waals surface area contributed by atoms with Crippen molar-refractivity contribution < 1.29 is 9.53 Å². The second-order valence-electron chi connectivity index (χ2n) is 6.31. The number of hydrogen-bond acceptors (Lipinski definition) is 3. The highest BCUT2D eigenvalue weighted by atomic mass is 16.5. The van der Waals surface area contributed by atoms with E-state index in [1.165, 1.54) is 6.42 Å². The van der Waals surface area contributed by atoms with Crippen molar-refractivity contribution in [2.24, 2.45) is 5.92 Å². The van der Waals surface area contributed by atoms with E-state index in [2.05, 4.69) is 4.98 Å². The van der Waals surface area contributed by atoms with Gasteiger partial charge in [0.15, 0.2) is 5.78 Å². The Morgan fingerprint density at radius 1 is 1.24 bits per heavy atom. The fourth-order valence-electron chi connectivity index (χ4n) is 3.70. The molecule has 0 bridgehead atoms. The fraction of sp³-hybridized carbons (Fsp3) is 0.444. The van der Waals surface area contributed by atoms with Crippen LogP contribution in [-0.2, 0) is 4.74 Å². The molecule has 2 fully saturated rings. The van der Waals surface area contributed by atoms with Gasteiger partial charge in [0.1, 0.15) is 0 Å². The van der Waals surface area contributed by atoms with Gasteiger partial charge in [0, 0.05) is 29.7 Å². The molecule has 1 unspecified atom stereocenters. The van der Waals surface area contributed by atoms with Crippen molar-refractivity contribution in [2.75, 3.05) is 6.61 Å². The maximum absolute atomic E-state index is 13.0. The molecule has 1 atom stereocenters. The summed E-state index contributed by atoms with van der Waals surface area (Å²) in [6.45, 7) is 0.722. The summed E-state index contributed by atoms with van der Waals surface area (Å²) in [5.74, 6) is 0.369. The molecule has 1 aromatic carbocycles. The van der Waals surface area contributed by atoms with Crippen LogP contribution in [0, 0.1) is 5.92 Å². The number of aromatic nitrogens is 1. The summed E-state index contributed by atoms with van der Waals surface area (Å²) in [6.07, 6.45) is 6.95. The van der Waals surface area contributed by atoms with Gasteiger partial charge < -0.3 is 4.74 Å². The topological polar surface area (TPSA) is 39.2 Å². The molecule has 0 N–H and O–H groups in total. The van der Waals surface area contributed by atoms with E-state index >= 15 is 0 Å². The van der Waals surface area contributed by atoms with Crippen molar-refractivity contribution in [3.05, 3.63) is 42.1 Å². The second-order valence-corrected chi connectivity index (χ2v) is 6.31. The molecule has 0 radical (unpaired) electrons. The van der Waals surface area contributed by atoms with Crippen LogP contribution in [-0.4, -0.2) is 23.0 Å². The van der Waals surface area contributed by atoms with E-state index in [4.69, 9.17) is 4.74 Å². The molecule has 108 valence electrons. The summed E-state index contributed by atoms with van der Waals surface area (Å²) in [6, 6.07) is 9.75. The fourth-order valence-corrected chi connectivity index (χ4v) is 3.70. The molecular formula is C18H19NO2. The standard InChI is InChI=1S/C18H19NO2/c20-17(13-7-11-21-18(12-13)8-3-9-18)15-6-10-19-16-5-2-1-4-14(15)16/h1-2,4-6,10,13H,3,7-9,11-12H2. The largest absolute Gasteiger partial charge is 0.375 e. The number of benzene rings is 1. The number of fused-ring (bicyclic) bond motifs is 1. The van der Waals surface area contributed by atoms with Crippen LogP contribution in [0.5, 0.6) is 0 Å². The Hall–Kier alpha value is -1.74. The van der Waals surface area contributed by atoms with Gasteiger partial charge in [0.05, 0.1) is 11.1 Å². The lowest BCUT2D eigenvalue weighted by molar-refractivity contribution is -0.137. The van der Waals surface area contributed by atoms with Gasteiger partial charge in [-0.3, -0.25) is 9.78 Å². The number of ketones is 1. The summed E-state index contributed by atoms with van der Waals surface area (Å²) in [5, 5.41) is 0.971. The molecule has 1 aromatic heterocycles. The summed E-state index contributed by atoms with van der Waals surface area (Å²) in [4.78, 5) is 17.3. The average molecular weight is 281 g/mol. The number of ether oxygens (including phenoxy) is 1. The maximum atomic E-state index is 13.0. The van der Waals surface area contributed by atoms with Crippen molar-refractivity contribution in [1.29, 1.82) is 0 Å². The van der Waals surface area contributed by atoms with Gasteiger partial charge in [-0.1, -0.05) is 18.2 Å². The second kappa shape index (κ2) is 4.92. The molecule has 3 nitrogen and oxygen atoms in total. The molecule has 1 saturated heterocycles. The predicted octanol–water partition coefficient (Wildman–Crippen LogP) is 3.77. The molecular weight excluding hydrogens is 262 g/mol. The highest BCUT2D eigenvalue weighted by Crippen LogP contribution is 2.45. The number of carbonyl (C=O) groups is 1. The minimum Gasteiger partial charge on any atom is -0.375 e. The Kier molecular flexibility index (Phi) is 3.03. The number of Topliss-reactive ketones (excluding diaryl/α,β-unsaturated/α-hetero) is 1. The Morgan fingerprint density at radius 3 is 2.90 bits per heavy atom. The summed E-state index contributed by atoms with van der Waals surface area (Å²) in [7, 11) is 0. The maximum Gasteiger partial charge on any atom is 0.166 e. The van der Waals surface area contributed by atoms with E-state index in [1.54, 1.807) is 6.20 Å². The quantitative estimate of drug-likeness (QED) is 0.787. The van der Waals surface area contributed by atoms with Crippen LogP contribution < -0.4 is 0 Å². The minimum atomic E-state index is 0.0153. The van der Waals surface area contributed by atoms with Crippen molar-refractivity contribution >= 4 is 16.7 Å². The van der Waals surface area contributed by atoms with Gasteiger partial charge >= 0.3 is 0 Å². The van der Waals surface area contributed by atoms with Crippen molar-refractivity contribution in [3.63, 3.8) is 0 Å². The van der Waals surface area contributed by atoms with Gasteiger partial charge in [-0.25, -0.2) is 0 Å². The molecule has 2 aliphatic rings. The van der Waals surface area contributed by atoms with Crippen LogP contribution in [0.4, 0.5) is 0 Å². The molecule has 1 saturated carbocycles. The molecule has 3 heteroatoms. The molecule has 4 rings (SSSR count). The third kappa shape index (κ3) is 2.16. The van der Waals surface area contributed by atoms with Crippen molar-refractivity contribution in [3.8, 4) is 0 Å². The highest BCUT2D eigenvalue weighted by Gasteiger charge is 2.44. The molecule has 1 aliphatic heterocycles. The van der Waals surface area contributed by atoms with Gasteiger partial charge in [-0.05, 0) is 44.2 Å². The lowest BCUT2D eigenvalue weighted by atomic mass is 9.70. The third-order valence-corrected chi connectivity index (χ3v) is 5.04. The summed E-state index contributed by atoms with van der Waals surface area (Å²) >= 11 is 0. The minimum absolute atomic E-state index is 0.0153. The average Bonchev–Trinajstić information content (AvgIpc) is 2.52. The zero-order chi connectivity index (χ0) is 14.3. The smallest absolute Gasteiger partial charge is 0.166 e. The Morgan fingerprint density at radius 2 is 2.10 bits per heavy atom. The Labute approximate surface area is 124 Å². The van der Waals surface area contributed by atoms with E-state index in [9.17, 15) is 4.79 Å². The van der Waals surface area contributed by atoms with E-state index in [0.29, 0.717) is 0 Å². The van der Waals surface area contributed by atoms with Crippen LogP contribution in [0.3, 0.4) is 0 Å². The van der Waals surface area contributed by atoms with Gasteiger partial charge in [0.25, 0.3) is 0 Å². The Balaban J connectivity index is 1.67. The summed E-state index contributed by atoms with van der Waals surface area (Å²) in [5.41, 5.74) is 1.73. The first-order chi connectivity index (χ1) is 10.3. The molecule has 21 heavy (non-hydrogen) atoms. The van der Waals surface area contributed by atoms with Crippen LogP contribution in [0.15, 0.2) is 36.5 Å². The highest BCUT2D eigenvalue weighted by molar-refractivity contribution is 6.08. The molecule has 2 aromatic rings. The Bertz CT molecular complexity index is 685. The number of pyridine rings is 1. The molecule has 1 spiro atoms. The molecule has 1 aliphatic carbocycles. The lowest BCUT2D eigenvalue weighted by Crippen LogP contribution is -2.47. The number of hydrogen-bond donors (Lipinski definition) is 0.